The van der Waals surface area contributed by atoms with Crippen molar-refractivity contribution < 1.29 is 0 Å². The van der Waals surface area contributed by atoms with Crippen molar-refractivity contribution in [3.8, 4) is 11.4 Å². The summed E-state index contributed by atoms with van der Waals surface area (Å²) in [7, 11) is 0. The lowest BCUT2D eigenvalue weighted by Crippen LogP contribution is -2.32. The minimum atomic E-state index is 0.160. The summed E-state index contributed by atoms with van der Waals surface area (Å²) in [5.41, 5.74) is 4.01. The smallest absolute Gasteiger partial charge is 0.193 e. The quantitative estimate of drug-likeness (QED) is 0.652. The largest absolute Gasteiger partial charge is 0.288 e. The topological polar surface area (TPSA) is 34.0 Å². The third-order valence-electron chi connectivity index (χ3n) is 5.00. The van der Waals surface area contributed by atoms with Crippen molar-refractivity contribution in [2.24, 2.45) is 0 Å². The van der Waals surface area contributed by atoms with Crippen molar-refractivity contribution in [3.63, 3.8) is 0 Å². The van der Waals surface area contributed by atoms with Gasteiger partial charge in [0.25, 0.3) is 0 Å². The number of nitrogens with zero attached hydrogens (tertiary/aromatic N) is 4. The molecule has 1 aromatic heterocycles. The zero-order chi connectivity index (χ0) is 18.9. The van der Waals surface area contributed by atoms with Crippen LogP contribution in [0, 0.1) is 0 Å². The van der Waals surface area contributed by atoms with Gasteiger partial charge in [0, 0.05) is 12.1 Å². The van der Waals surface area contributed by atoms with Gasteiger partial charge in [0.1, 0.15) is 0 Å². The van der Waals surface area contributed by atoms with Gasteiger partial charge in [-0.3, -0.25) is 9.47 Å². The highest BCUT2D eigenvalue weighted by Gasteiger charge is 2.22. The molecule has 4 rings (SSSR count). The Kier molecular flexibility index (Phi) is 5.06. The fourth-order valence-electron chi connectivity index (χ4n) is 3.31. The lowest BCUT2D eigenvalue weighted by molar-refractivity contribution is 0.242. The monoisotopic (exact) mass is 378 g/mol. The average Bonchev–Trinajstić information content (AvgIpc) is 3.10. The van der Waals surface area contributed by atoms with Gasteiger partial charge in [-0.05, 0) is 23.0 Å². The molecule has 27 heavy (non-hydrogen) atoms. The maximum Gasteiger partial charge on any atom is 0.193 e. The predicted molar refractivity (Wildman–Crippen MR) is 112 cm³/mol. The molecule has 5 heteroatoms. The standard InChI is InChI=1S/C22H26N4S/c1-22(2,3)19-11-9-18(10-12-19)20-23-24-21-26(20)15-25(16-27-21)14-13-17-7-5-4-6-8-17/h4-12H,13-16H2,1-3H3. The summed E-state index contributed by atoms with van der Waals surface area (Å²) in [5.74, 6) is 1.93. The molecule has 0 spiro atoms. The molecular formula is C22H26N4S. The Bertz CT molecular complexity index is 894. The van der Waals surface area contributed by atoms with Crippen LogP contribution in [0.5, 0.6) is 0 Å². The number of thioether (sulfide) groups is 1. The van der Waals surface area contributed by atoms with Crippen molar-refractivity contribution in [2.75, 3.05) is 12.4 Å². The number of hydrogen-bond acceptors (Lipinski definition) is 4. The van der Waals surface area contributed by atoms with Gasteiger partial charge in [-0.1, -0.05) is 87.1 Å². The molecule has 0 aliphatic carbocycles. The second-order valence-corrected chi connectivity index (χ2v) is 9.02. The number of hydrogen-bond donors (Lipinski definition) is 0. The third kappa shape index (κ3) is 4.09. The van der Waals surface area contributed by atoms with Crippen LogP contribution in [0.15, 0.2) is 59.8 Å². The van der Waals surface area contributed by atoms with E-state index in [0.717, 1.165) is 42.1 Å². The van der Waals surface area contributed by atoms with Gasteiger partial charge in [-0.2, -0.15) is 0 Å². The second kappa shape index (κ2) is 7.49. The zero-order valence-corrected chi connectivity index (χ0v) is 17.0. The maximum absolute atomic E-state index is 4.48. The van der Waals surface area contributed by atoms with Gasteiger partial charge in [0.2, 0.25) is 0 Å². The Morgan fingerprint density at radius 3 is 2.41 bits per heavy atom. The van der Waals surface area contributed by atoms with Crippen LogP contribution < -0.4 is 0 Å². The van der Waals surface area contributed by atoms with Gasteiger partial charge >= 0.3 is 0 Å². The van der Waals surface area contributed by atoms with E-state index in [-0.39, 0.29) is 5.41 Å². The SMILES string of the molecule is CC(C)(C)c1ccc(-c2nnc3n2CN(CCc2ccccc2)CS3)cc1. The summed E-state index contributed by atoms with van der Waals surface area (Å²) in [6.07, 6.45) is 1.06. The lowest BCUT2D eigenvalue weighted by Gasteiger charge is -2.27. The van der Waals surface area contributed by atoms with E-state index in [1.165, 1.54) is 11.1 Å². The number of aromatic nitrogens is 3. The summed E-state index contributed by atoms with van der Waals surface area (Å²) in [6, 6.07) is 19.4. The van der Waals surface area contributed by atoms with E-state index in [9.17, 15) is 0 Å². The lowest BCUT2D eigenvalue weighted by atomic mass is 9.87. The van der Waals surface area contributed by atoms with E-state index in [4.69, 9.17) is 0 Å². The predicted octanol–water partition coefficient (Wildman–Crippen LogP) is 4.81. The van der Waals surface area contributed by atoms with Crippen molar-refractivity contribution in [1.29, 1.82) is 0 Å². The number of benzene rings is 2. The van der Waals surface area contributed by atoms with Crippen LogP contribution in [-0.4, -0.2) is 32.1 Å². The summed E-state index contributed by atoms with van der Waals surface area (Å²) >= 11 is 1.77. The van der Waals surface area contributed by atoms with Crippen molar-refractivity contribution >= 4 is 11.8 Å². The maximum atomic E-state index is 4.48. The van der Waals surface area contributed by atoms with Crippen LogP contribution >= 0.6 is 11.8 Å². The molecule has 0 atom stereocenters. The summed E-state index contributed by atoms with van der Waals surface area (Å²) < 4.78 is 2.24. The van der Waals surface area contributed by atoms with Gasteiger partial charge in [0.15, 0.2) is 11.0 Å². The van der Waals surface area contributed by atoms with Gasteiger partial charge in [-0.25, -0.2) is 0 Å². The van der Waals surface area contributed by atoms with E-state index >= 15 is 0 Å². The second-order valence-electron chi connectivity index (χ2n) is 8.11. The zero-order valence-electron chi connectivity index (χ0n) is 16.2. The molecule has 0 amide bonds. The molecule has 4 nitrogen and oxygen atoms in total. The third-order valence-corrected chi connectivity index (χ3v) is 6.06. The normalized spacial score (nSPS) is 14.9. The molecule has 0 fully saturated rings. The van der Waals surface area contributed by atoms with Crippen LogP contribution in [0.25, 0.3) is 11.4 Å². The Morgan fingerprint density at radius 2 is 1.70 bits per heavy atom. The van der Waals surface area contributed by atoms with Crippen LogP contribution in [0.1, 0.15) is 31.9 Å². The molecule has 1 aliphatic rings. The minimum absolute atomic E-state index is 0.160. The van der Waals surface area contributed by atoms with Gasteiger partial charge in [-0.15, -0.1) is 10.2 Å². The first-order valence-electron chi connectivity index (χ1n) is 9.44. The van der Waals surface area contributed by atoms with Crippen LogP contribution in [0.2, 0.25) is 0 Å². The Morgan fingerprint density at radius 1 is 0.963 bits per heavy atom. The minimum Gasteiger partial charge on any atom is -0.288 e. The van der Waals surface area contributed by atoms with Crippen molar-refractivity contribution in [1.82, 2.24) is 19.7 Å². The summed E-state index contributed by atoms with van der Waals surface area (Å²) in [6.45, 7) is 8.60. The summed E-state index contributed by atoms with van der Waals surface area (Å²) in [5, 5.41) is 9.90. The molecular weight excluding hydrogens is 352 g/mol. The molecule has 0 unspecified atom stereocenters. The fourth-order valence-corrected chi connectivity index (χ4v) is 4.22. The molecule has 1 aliphatic heterocycles. The summed E-state index contributed by atoms with van der Waals surface area (Å²) in [4.78, 5) is 2.46. The van der Waals surface area contributed by atoms with E-state index < -0.39 is 0 Å². The molecule has 0 saturated carbocycles. The Labute approximate surface area is 165 Å². The van der Waals surface area contributed by atoms with Crippen LogP contribution in [-0.2, 0) is 18.5 Å². The first-order chi connectivity index (χ1) is 13.0. The molecule has 0 saturated heterocycles. The first kappa shape index (κ1) is 18.3. The van der Waals surface area contributed by atoms with E-state index in [2.05, 4.69) is 95.0 Å². The fraction of sp³-hybridized carbons (Fsp3) is 0.364. The highest BCUT2D eigenvalue weighted by molar-refractivity contribution is 7.99. The highest BCUT2D eigenvalue weighted by Crippen LogP contribution is 2.30. The first-order valence-corrected chi connectivity index (χ1v) is 10.4. The molecule has 0 bridgehead atoms. The Hall–Kier alpha value is -2.11. The molecule has 2 heterocycles. The average molecular weight is 379 g/mol. The van der Waals surface area contributed by atoms with Gasteiger partial charge in [0.05, 0.1) is 12.5 Å². The van der Waals surface area contributed by atoms with Crippen LogP contribution in [0.3, 0.4) is 0 Å². The molecule has 3 aromatic rings. The molecule has 0 N–H and O–H groups in total. The number of rotatable bonds is 4. The molecule has 0 radical (unpaired) electrons. The molecule has 2 aromatic carbocycles. The molecule has 140 valence electrons. The van der Waals surface area contributed by atoms with Crippen molar-refractivity contribution in [3.05, 3.63) is 65.7 Å². The van der Waals surface area contributed by atoms with E-state index in [1.54, 1.807) is 11.8 Å². The Balaban J connectivity index is 1.50. The van der Waals surface area contributed by atoms with Crippen molar-refractivity contribution in [2.45, 2.75) is 44.4 Å². The van der Waals surface area contributed by atoms with Gasteiger partial charge < -0.3 is 0 Å². The highest BCUT2D eigenvalue weighted by atomic mass is 32.2. The van der Waals surface area contributed by atoms with Crippen LogP contribution in [0.4, 0.5) is 0 Å². The van der Waals surface area contributed by atoms with E-state index in [1.807, 2.05) is 0 Å². The van der Waals surface area contributed by atoms with E-state index in [0.29, 0.717) is 0 Å². The number of fused-ring (bicyclic) bond motifs is 1.